The number of piperidine rings is 1. The molecule has 154 valence electrons. The summed E-state index contributed by atoms with van der Waals surface area (Å²) in [6, 6.07) is 3.80. The third kappa shape index (κ3) is 5.01. The summed E-state index contributed by atoms with van der Waals surface area (Å²) >= 11 is 6.32. The lowest BCUT2D eigenvalue weighted by Crippen LogP contribution is -2.46. The van der Waals surface area contributed by atoms with Crippen molar-refractivity contribution >= 4 is 23.5 Å². The van der Waals surface area contributed by atoms with Crippen LogP contribution in [0.25, 0.3) is 0 Å². The molecule has 0 amide bonds. The Morgan fingerprint density at radius 3 is 2.75 bits per heavy atom. The number of guanidine groups is 1. The first kappa shape index (κ1) is 20.6. The summed E-state index contributed by atoms with van der Waals surface area (Å²) in [5.74, 6) is 2.01. The Balaban J connectivity index is 1.65. The Hall–Kier alpha value is -2.15. The molecule has 0 saturated carbocycles. The van der Waals surface area contributed by atoms with Gasteiger partial charge in [-0.3, -0.25) is 4.79 Å². The van der Waals surface area contributed by atoms with Gasteiger partial charge in [0.25, 0.3) is 0 Å². The van der Waals surface area contributed by atoms with Crippen LogP contribution in [0, 0.1) is 5.92 Å². The second-order valence-corrected chi connectivity index (χ2v) is 7.19. The van der Waals surface area contributed by atoms with Crippen LogP contribution in [0.2, 0.25) is 5.02 Å². The van der Waals surface area contributed by atoms with Crippen LogP contribution in [0.3, 0.4) is 0 Å². The van der Waals surface area contributed by atoms with E-state index in [4.69, 9.17) is 30.8 Å². The summed E-state index contributed by atoms with van der Waals surface area (Å²) in [5.41, 5.74) is 0.964. The maximum atomic E-state index is 11.9. The maximum Gasteiger partial charge on any atom is 0.309 e. The zero-order valence-electron chi connectivity index (χ0n) is 16.5. The van der Waals surface area contributed by atoms with Crippen LogP contribution in [0.15, 0.2) is 17.1 Å². The summed E-state index contributed by atoms with van der Waals surface area (Å²) in [6.07, 6.45) is 1.55. The predicted octanol–water partition coefficient (Wildman–Crippen LogP) is 2.85. The van der Waals surface area contributed by atoms with Gasteiger partial charge in [0.1, 0.15) is 13.2 Å². The van der Waals surface area contributed by atoms with Gasteiger partial charge in [0, 0.05) is 19.6 Å². The molecule has 2 aliphatic rings. The molecule has 0 atom stereocenters. The molecule has 2 heterocycles. The minimum Gasteiger partial charge on any atom is -0.486 e. The zero-order chi connectivity index (χ0) is 19.9. The molecule has 0 aliphatic carbocycles. The van der Waals surface area contributed by atoms with Gasteiger partial charge in [-0.05, 0) is 44.4 Å². The molecule has 1 N–H and O–H groups in total. The van der Waals surface area contributed by atoms with E-state index in [1.165, 1.54) is 0 Å². The molecule has 1 aromatic rings. The molecule has 0 unspecified atom stereocenters. The molecule has 3 rings (SSSR count). The molecule has 7 nitrogen and oxygen atoms in total. The number of ether oxygens (including phenoxy) is 3. The normalized spacial score (nSPS) is 17.4. The number of nitrogens with one attached hydrogen (secondary N) is 1. The van der Waals surface area contributed by atoms with Crippen molar-refractivity contribution in [1.82, 2.24) is 10.2 Å². The Labute approximate surface area is 171 Å². The van der Waals surface area contributed by atoms with E-state index in [1.54, 1.807) is 0 Å². The average molecular weight is 410 g/mol. The topological polar surface area (TPSA) is 72.4 Å². The number of fused-ring (bicyclic) bond motifs is 1. The van der Waals surface area contributed by atoms with Crippen molar-refractivity contribution in [2.24, 2.45) is 10.9 Å². The smallest absolute Gasteiger partial charge is 0.309 e. The molecule has 8 heteroatoms. The van der Waals surface area contributed by atoms with E-state index in [0.29, 0.717) is 42.9 Å². The maximum absolute atomic E-state index is 11.9. The van der Waals surface area contributed by atoms with Crippen molar-refractivity contribution in [3.63, 3.8) is 0 Å². The van der Waals surface area contributed by atoms with Crippen LogP contribution >= 0.6 is 11.6 Å². The molecule has 0 aromatic heterocycles. The van der Waals surface area contributed by atoms with Gasteiger partial charge in [-0.2, -0.15) is 0 Å². The number of hydrogen-bond donors (Lipinski definition) is 1. The highest BCUT2D eigenvalue weighted by Gasteiger charge is 2.27. The second-order valence-electron chi connectivity index (χ2n) is 6.79. The van der Waals surface area contributed by atoms with Crippen LogP contribution in [-0.4, -0.2) is 56.3 Å². The number of nitrogens with zero attached hydrogens (tertiary/aromatic N) is 2. The summed E-state index contributed by atoms with van der Waals surface area (Å²) in [5, 5.41) is 3.88. The highest BCUT2D eigenvalue weighted by molar-refractivity contribution is 6.32. The van der Waals surface area contributed by atoms with Crippen molar-refractivity contribution in [1.29, 1.82) is 0 Å². The predicted molar refractivity (Wildman–Crippen MR) is 108 cm³/mol. The summed E-state index contributed by atoms with van der Waals surface area (Å²) in [7, 11) is 0. The van der Waals surface area contributed by atoms with Gasteiger partial charge in [-0.25, -0.2) is 4.99 Å². The van der Waals surface area contributed by atoms with E-state index >= 15 is 0 Å². The van der Waals surface area contributed by atoms with Gasteiger partial charge in [0.05, 0.1) is 24.1 Å². The zero-order valence-corrected chi connectivity index (χ0v) is 17.3. The number of halogens is 1. The van der Waals surface area contributed by atoms with Crippen molar-refractivity contribution in [3.05, 3.63) is 22.7 Å². The van der Waals surface area contributed by atoms with E-state index in [9.17, 15) is 4.79 Å². The summed E-state index contributed by atoms with van der Waals surface area (Å²) < 4.78 is 16.4. The molecule has 0 bridgehead atoms. The van der Waals surface area contributed by atoms with Gasteiger partial charge < -0.3 is 24.4 Å². The number of likely N-dealkylation sites (tertiary alicyclic amines) is 1. The van der Waals surface area contributed by atoms with Crippen LogP contribution in [0.4, 0.5) is 0 Å². The van der Waals surface area contributed by atoms with E-state index in [-0.39, 0.29) is 11.9 Å². The number of benzene rings is 1. The van der Waals surface area contributed by atoms with Crippen LogP contribution in [-0.2, 0) is 16.1 Å². The second kappa shape index (κ2) is 9.87. The third-order valence-corrected chi connectivity index (χ3v) is 5.10. The largest absolute Gasteiger partial charge is 0.486 e. The van der Waals surface area contributed by atoms with E-state index in [2.05, 4.69) is 10.2 Å². The number of aliphatic imine (C=N–C) groups is 1. The summed E-state index contributed by atoms with van der Waals surface area (Å²) in [4.78, 5) is 18.9. The lowest BCUT2D eigenvalue weighted by molar-refractivity contribution is -0.149. The van der Waals surface area contributed by atoms with Crippen molar-refractivity contribution < 1.29 is 19.0 Å². The first-order chi connectivity index (χ1) is 13.6. The first-order valence-corrected chi connectivity index (χ1v) is 10.3. The van der Waals surface area contributed by atoms with Gasteiger partial charge in [-0.1, -0.05) is 11.6 Å². The third-order valence-electron chi connectivity index (χ3n) is 4.82. The van der Waals surface area contributed by atoms with E-state index in [1.807, 2.05) is 26.0 Å². The molecule has 0 radical (unpaired) electrons. The highest BCUT2D eigenvalue weighted by Crippen LogP contribution is 2.38. The molecule has 28 heavy (non-hydrogen) atoms. The SMILES string of the molecule is CCNC(=NCc1cc(Cl)c2c(c1)OCCO2)N1CCC(C(=O)OCC)CC1. The Morgan fingerprint density at radius 2 is 2.04 bits per heavy atom. The quantitative estimate of drug-likeness (QED) is 0.458. The number of carbonyl (C=O) groups excluding carboxylic acids is 1. The van der Waals surface area contributed by atoms with Crippen LogP contribution in [0.5, 0.6) is 11.5 Å². The molecular formula is C20H28ClN3O4. The van der Waals surface area contributed by atoms with Crippen molar-refractivity contribution in [2.75, 3.05) is 39.5 Å². The number of hydrogen-bond acceptors (Lipinski definition) is 5. The Bertz CT molecular complexity index is 718. The fourth-order valence-corrected chi connectivity index (χ4v) is 3.72. The lowest BCUT2D eigenvalue weighted by atomic mass is 9.97. The molecule has 2 aliphatic heterocycles. The fourth-order valence-electron chi connectivity index (χ4n) is 3.43. The Kier molecular flexibility index (Phi) is 7.25. The fraction of sp³-hybridized carbons (Fsp3) is 0.600. The standard InChI is InChI=1S/C20H28ClN3O4/c1-3-22-20(24-7-5-15(6-8-24)19(25)26-4-2)23-13-14-11-16(21)18-17(12-14)27-9-10-28-18/h11-12,15H,3-10,13H2,1-2H3,(H,22,23). The minimum absolute atomic E-state index is 0.0179. The van der Waals surface area contributed by atoms with Gasteiger partial charge in [-0.15, -0.1) is 0 Å². The monoisotopic (exact) mass is 409 g/mol. The van der Waals surface area contributed by atoms with Gasteiger partial charge in [0.15, 0.2) is 17.5 Å². The molecule has 1 saturated heterocycles. The van der Waals surface area contributed by atoms with Crippen LogP contribution in [0.1, 0.15) is 32.3 Å². The lowest BCUT2D eigenvalue weighted by Gasteiger charge is -2.33. The first-order valence-electron chi connectivity index (χ1n) is 9.90. The van der Waals surface area contributed by atoms with E-state index in [0.717, 1.165) is 44.0 Å². The minimum atomic E-state index is -0.0880. The molecular weight excluding hydrogens is 382 g/mol. The van der Waals surface area contributed by atoms with Gasteiger partial charge >= 0.3 is 5.97 Å². The average Bonchev–Trinajstić information content (AvgIpc) is 2.71. The van der Waals surface area contributed by atoms with Crippen LogP contribution < -0.4 is 14.8 Å². The number of esters is 1. The Morgan fingerprint density at radius 1 is 1.29 bits per heavy atom. The molecule has 1 fully saturated rings. The molecule has 1 aromatic carbocycles. The van der Waals surface area contributed by atoms with E-state index < -0.39 is 0 Å². The number of rotatable bonds is 5. The van der Waals surface area contributed by atoms with Crippen molar-refractivity contribution in [2.45, 2.75) is 33.2 Å². The number of carbonyl (C=O) groups is 1. The van der Waals surface area contributed by atoms with Gasteiger partial charge in [0.2, 0.25) is 0 Å². The highest BCUT2D eigenvalue weighted by atomic mass is 35.5. The summed E-state index contributed by atoms with van der Waals surface area (Å²) in [6.45, 7) is 8.16. The molecule has 0 spiro atoms. The van der Waals surface area contributed by atoms with Crippen molar-refractivity contribution in [3.8, 4) is 11.5 Å².